The summed E-state index contributed by atoms with van der Waals surface area (Å²) in [6.07, 6.45) is 2.20. The van der Waals surface area contributed by atoms with E-state index in [1.807, 2.05) is 37.3 Å². The van der Waals surface area contributed by atoms with Crippen LogP contribution in [0.3, 0.4) is 0 Å². The van der Waals surface area contributed by atoms with E-state index in [9.17, 15) is 13.6 Å². The van der Waals surface area contributed by atoms with E-state index in [0.717, 1.165) is 9.87 Å². The third-order valence-electron chi connectivity index (χ3n) is 4.29. The predicted molar refractivity (Wildman–Crippen MR) is 109 cm³/mol. The number of aromatic nitrogens is 1. The standard InChI is InChI=1S/C21H21N3O3S/c1-2-18(16-10-4-3-5-11-16)23-21(25)17-12-6-7-13-19(17)24(28(26)27)20-14-8-9-15-22-20/h3-15,18H,2H2,1H3,(H,23,25)(H,26,27)/p-1. The van der Waals surface area contributed by atoms with Gasteiger partial charge in [-0.3, -0.25) is 13.3 Å². The second-order valence-electron chi connectivity index (χ2n) is 6.06. The number of benzene rings is 2. The van der Waals surface area contributed by atoms with Crippen LogP contribution in [0.2, 0.25) is 0 Å². The molecule has 144 valence electrons. The van der Waals surface area contributed by atoms with Crippen molar-refractivity contribution < 1.29 is 13.6 Å². The summed E-state index contributed by atoms with van der Waals surface area (Å²) in [5.41, 5.74) is 1.49. The summed E-state index contributed by atoms with van der Waals surface area (Å²) in [6.45, 7) is 1.98. The highest BCUT2D eigenvalue weighted by Crippen LogP contribution is 2.29. The molecule has 6 nitrogen and oxygen atoms in total. The van der Waals surface area contributed by atoms with Crippen molar-refractivity contribution in [2.75, 3.05) is 4.31 Å². The Bertz CT molecular complexity index is 951. The second kappa shape index (κ2) is 9.25. The van der Waals surface area contributed by atoms with Crippen LogP contribution in [0.1, 0.15) is 35.3 Å². The molecular formula is C21H20N3O3S-. The molecule has 1 N–H and O–H groups in total. The Balaban J connectivity index is 1.95. The maximum absolute atomic E-state index is 13.0. The molecule has 0 fully saturated rings. The molecule has 0 saturated carbocycles. The van der Waals surface area contributed by atoms with Crippen LogP contribution in [0.4, 0.5) is 11.5 Å². The van der Waals surface area contributed by atoms with Gasteiger partial charge in [-0.05, 0) is 36.2 Å². The molecule has 1 heterocycles. The Morgan fingerprint density at radius 1 is 1.07 bits per heavy atom. The average Bonchev–Trinajstić information content (AvgIpc) is 2.73. The minimum atomic E-state index is -2.64. The first-order valence-corrected chi connectivity index (χ1v) is 9.90. The number of pyridine rings is 1. The summed E-state index contributed by atoms with van der Waals surface area (Å²) >= 11 is -2.64. The Morgan fingerprint density at radius 3 is 2.39 bits per heavy atom. The van der Waals surface area contributed by atoms with Crippen molar-refractivity contribution in [3.8, 4) is 0 Å². The van der Waals surface area contributed by atoms with Crippen molar-refractivity contribution in [2.45, 2.75) is 19.4 Å². The van der Waals surface area contributed by atoms with Crippen LogP contribution in [0.25, 0.3) is 0 Å². The van der Waals surface area contributed by atoms with Gasteiger partial charge in [-0.15, -0.1) is 0 Å². The van der Waals surface area contributed by atoms with E-state index in [-0.39, 0.29) is 29.0 Å². The fraction of sp³-hybridized carbons (Fsp3) is 0.143. The lowest BCUT2D eigenvalue weighted by atomic mass is 10.0. The van der Waals surface area contributed by atoms with Crippen molar-refractivity contribution >= 4 is 28.7 Å². The Labute approximate surface area is 166 Å². The molecule has 1 aromatic heterocycles. The molecule has 0 aliphatic heterocycles. The molecule has 1 amide bonds. The predicted octanol–water partition coefficient (Wildman–Crippen LogP) is 3.89. The van der Waals surface area contributed by atoms with Gasteiger partial charge < -0.3 is 9.87 Å². The van der Waals surface area contributed by atoms with Crippen LogP contribution in [0, 0.1) is 0 Å². The maximum Gasteiger partial charge on any atom is 0.253 e. The van der Waals surface area contributed by atoms with Crippen LogP contribution in [-0.2, 0) is 11.3 Å². The van der Waals surface area contributed by atoms with Crippen molar-refractivity contribution in [3.05, 3.63) is 90.1 Å². The third kappa shape index (κ3) is 4.44. The zero-order valence-corrected chi connectivity index (χ0v) is 16.1. The van der Waals surface area contributed by atoms with E-state index in [4.69, 9.17) is 0 Å². The van der Waals surface area contributed by atoms with Gasteiger partial charge in [0, 0.05) is 6.20 Å². The Hall–Kier alpha value is -3.03. The Morgan fingerprint density at radius 2 is 1.75 bits per heavy atom. The summed E-state index contributed by atoms with van der Waals surface area (Å²) in [6, 6.07) is 21.0. The number of hydrogen-bond donors (Lipinski definition) is 1. The van der Waals surface area contributed by atoms with Gasteiger partial charge in [-0.1, -0.05) is 55.5 Å². The van der Waals surface area contributed by atoms with E-state index in [1.54, 1.807) is 42.5 Å². The highest BCUT2D eigenvalue weighted by atomic mass is 32.2. The normalized spacial score (nSPS) is 12.8. The number of hydrogen-bond acceptors (Lipinski definition) is 4. The summed E-state index contributed by atoms with van der Waals surface area (Å²) in [5, 5.41) is 3.00. The number of rotatable bonds is 7. The van der Waals surface area contributed by atoms with Crippen molar-refractivity contribution in [3.63, 3.8) is 0 Å². The summed E-state index contributed by atoms with van der Waals surface area (Å²) in [5.74, 6) is -0.135. The molecule has 7 heteroatoms. The monoisotopic (exact) mass is 394 g/mol. The van der Waals surface area contributed by atoms with Gasteiger partial charge in [-0.25, -0.2) is 4.98 Å². The molecule has 3 rings (SSSR count). The molecule has 2 unspecified atom stereocenters. The van der Waals surface area contributed by atoms with E-state index in [0.29, 0.717) is 6.42 Å². The molecule has 0 radical (unpaired) electrons. The largest absolute Gasteiger partial charge is 0.755 e. The third-order valence-corrected chi connectivity index (χ3v) is 4.97. The molecule has 0 bridgehead atoms. The van der Waals surface area contributed by atoms with Crippen LogP contribution < -0.4 is 9.62 Å². The first-order chi connectivity index (χ1) is 13.6. The molecule has 3 aromatic rings. The molecule has 2 aromatic carbocycles. The average molecular weight is 394 g/mol. The van der Waals surface area contributed by atoms with Gasteiger partial charge >= 0.3 is 0 Å². The van der Waals surface area contributed by atoms with Crippen LogP contribution in [0.15, 0.2) is 79.0 Å². The highest BCUT2D eigenvalue weighted by Gasteiger charge is 2.21. The first kappa shape index (κ1) is 19.7. The minimum Gasteiger partial charge on any atom is -0.755 e. The lowest BCUT2D eigenvalue weighted by Crippen LogP contribution is -2.30. The maximum atomic E-state index is 13.0. The Kier molecular flexibility index (Phi) is 6.52. The SMILES string of the molecule is CCC(NC(=O)c1ccccc1N(c1ccccn1)S(=O)[O-])c1ccccc1. The van der Waals surface area contributed by atoms with Crippen molar-refractivity contribution in [2.24, 2.45) is 0 Å². The van der Waals surface area contributed by atoms with E-state index < -0.39 is 11.3 Å². The number of nitrogens with zero attached hydrogens (tertiary/aromatic N) is 2. The van der Waals surface area contributed by atoms with Gasteiger partial charge in [-0.2, -0.15) is 0 Å². The number of anilines is 2. The van der Waals surface area contributed by atoms with Gasteiger partial charge in [0.15, 0.2) is 0 Å². The van der Waals surface area contributed by atoms with Crippen molar-refractivity contribution in [1.82, 2.24) is 10.3 Å². The molecule has 28 heavy (non-hydrogen) atoms. The van der Waals surface area contributed by atoms with Crippen LogP contribution in [-0.4, -0.2) is 19.7 Å². The lowest BCUT2D eigenvalue weighted by molar-refractivity contribution is 0.0936. The smallest absolute Gasteiger partial charge is 0.253 e. The molecule has 0 aliphatic carbocycles. The fourth-order valence-corrected chi connectivity index (χ4v) is 3.52. The number of carbonyl (C=O) groups excluding carboxylic acids is 1. The van der Waals surface area contributed by atoms with Crippen molar-refractivity contribution in [1.29, 1.82) is 0 Å². The summed E-state index contributed by atoms with van der Waals surface area (Å²) in [4.78, 5) is 17.1. The molecule has 0 saturated heterocycles. The van der Waals surface area contributed by atoms with Gasteiger partial charge in [0.1, 0.15) is 5.82 Å². The number of carbonyl (C=O) groups is 1. The number of amides is 1. The van der Waals surface area contributed by atoms with Gasteiger partial charge in [0.25, 0.3) is 5.91 Å². The number of para-hydroxylation sites is 1. The summed E-state index contributed by atoms with van der Waals surface area (Å²) in [7, 11) is 0. The lowest BCUT2D eigenvalue weighted by Gasteiger charge is -2.27. The molecule has 0 spiro atoms. The zero-order chi connectivity index (χ0) is 19.9. The topological polar surface area (TPSA) is 85.4 Å². The van der Waals surface area contributed by atoms with Gasteiger partial charge in [0.2, 0.25) is 0 Å². The van der Waals surface area contributed by atoms with Crippen LogP contribution >= 0.6 is 0 Å². The summed E-state index contributed by atoms with van der Waals surface area (Å²) < 4.78 is 24.9. The molecule has 0 aliphatic rings. The fourth-order valence-electron chi connectivity index (χ4n) is 2.94. The van der Waals surface area contributed by atoms with E-state index in [2.05, 4.69) is 10.3 Å². The minimum absolute atomic E-state index is 0.178. The highest BCUT2D eigenvalue weighted by molar-refractivity contribution is 7.81. The molecular weight excluding hydrogens is 374 g/mol. The number of nitrogens with one attached hydrogen (secondary N) is 1. The quantitative estimate of drug-likeness (QED) is 0.616. The first-order valence-electron chi connectivity index (χ1n) is 8.87. The van der Waals surface area contributed by atoms with E-state index in [1.165, 1.54) is 6.20 Å². The van der Waals surface area contributed by atoms with E-state index >= 15 is 0 Å². The zero-order valence-electron chi connectivity index (χ0n) is 15.3. The van der Waals surface area contributed by atoms with Gasteiger partial charge in [0.05, 0.1) is 28.6 Å². The van der Waals surface area contributed by atoms with Crippen LogP contribution in [0.5, 0.6) is 0 Å². The second-order valence-corrected chi connectivity index (χ2v) is 6.86. The molecule has 2 atom stereocenters.